The first-order chi connectivity index (χ1) is 9.38. The van der Waals surface area contributed by atoms with Crippen LogP contribution in [0.2, 0.25) is 0 Å². The summed E-state index contributed by atoms with van der Waals surface area (Å²) >= 11 is 0. The van der Waals surface area contributed by atoms with Gasteiger partial charge in [0.05, 0.1) is 0 Å². The molecule has 0 saturated carbocycles. The van der Waals surface area contributed by atoms with Crippen LogP contribution in [-0.4, -0.2) is 16.1 Å². The third-order valence-electron chi connectivity index (χ3n) is 3.10. The standard InChI is InChI=1S/C15H16N2O3/c1-8-6-12(9(2)5-11(8)16)17-15(20)10-3-4-13(18)14(19)7-10/h3-7,18-19H,16H2,1-2H3,(H,17,20). The van der Waals surface area contributed by atoms with Crippen LogP contribution in [0.15, 0.2) is 30.3 Å². The minimum absolute atomic E-state index is 0.258. The van der Waals surface area contributed by atoms with Crippen molar-refractivity contribution in [2.24, 2.45) is 0 Å². The summed E-state index contributed by atoms with van der Waals surface area (Å²) in [6.45, 7) is 3.70. The molecule has 0 radical (unpaired) electrons. The summed E-state index contributed by atoms with van der Waals surface area (Å²) in [6, 6.07) is 7.50. The maximum absolute atomic E-state index is 12.1. The molecule has 5 N–H and O–H groups in total. The van der Waals surface area contributed by atoms with Gasteiger partial charge in [0.2, 0.25) is 0 Å². The van der Waals surface area contributed by atoms with Gasteiger partial charge in [0, 0.05) is 16.9 Å². The van der Waals surface area contributed by atoms with E-state index in [2.05, 4.69) is 5.32 Å². The van der Waals surface area contributed by atoms with Gasteiger partial charge in [-0.25, -0.2) is 0 Å². The molecule has 1 amide bonds. The van der Waals surface area contributed by atoms with E-state index in [0.717, 1.165) is 11.1 Å². The number of carbonyl (C=O) groups is 1. The predicted molar refractivity (Wildman–Crippen MR) is 78.1 cm³/mol. The molecule has 5 heteroatoms. The zero-order valence-corrected chi connectivity index (χ0v) is 11.3. The second kappa shape index (κ2) is 5.13. The van der Waals surface area contributed by atoms with Crippen molar-refractivity contribution in [2.45, 2.75) is 13.8 Å². The molecule has 0 fully saturated rings. The molecule has 0 atom stereocenters. The van der Waals surface area contributed by atoms with Crippen LogP contribution in [0, 0.1) is 13.8 Å². The first-order valence-corrected chi connectivity index (χ1v) is 6.08. The Balaban J connectivity index is 2.27. The summed E-state index contributed by atoms with van der Waals surface area (Å²) in [5, 5.41) is 21.4. The fourth-order valence-electron chi connectivity index (χ4n) is 1.83. The van der Waals surface area contributed by atoms with Crippen molar-refractivity contribution in [3.63, 3.8) is 0 Å². The van der Waals surface area contributed by atoms with Gasteiger partial charge in [0.25, 0.3) is 5.91 Å². The van der Waals surface area contributed by atoms with E-state index in [0.29, 0.717) is 11.4 Å². The molecular weight excluding hydrogens is 256 g/mol. The zero-order valence-electron chi connectivity index (χ0n) is 11.3. The van der Waals surface area contributed by atoms with Crippen LogP contribution < -0.4 is 11.1 Å². The molecule has 0 unspecified atom stereocenters. The van der Waals surface area contributed by atoms with Crippen molar-refractivity contribution in [2.75, 3.05) is 11.1 Å². The summed E-state index contributed by atoms with van der Waals surface area (Å²) in [6.07, 6.45) is 0. The van der Waals surface area contributed by atoms with E-state index in [1.807, 2.05) is 13.8 Å². The number of phenolic OH excluding ortho intramolecular Hbond substituents is 2. The van der Waals surface area contributed by atoms with Gasteiger partial charge in [-0.3, -0.25) is 4.79 Å². The molecule has 0 spiro atoms. The minimum atomic E-state index is -0.368. The third-order valence-corrected chi connectivity index (χ3v) is 3.10. The highest BCUT2D eigenvalue weighted by molar-refractivity contribution is 6.05. The SMILES string of the molecule is Cc1cc(NC(=O)c2ccc(O)c(O)c2)c(C)cc1N. The zero-order chi connectivity index (χ0) is 14.9. The van der Waals surface area contributed by atoms with Crippen LogP contribution in [0.3, 0.4) is 0 Å². The minimum Gasteiger partial charge on any atom is -0.504 e. The van der Waals surface area contributed by atoms with Crippen molar-refractivity contribution in [3.05, 3.63) is 47.0 Å². The van der Waals surface area contributed by atoms with Crippen molar-refractivity contribution in [1.82, 2.24) is 0 Å². The van der Waals surface area contributed by atoms with Crippen LogP contribution in [0.25, 0.3) is 0 Å². The number of hydrogen-bond acceptors (Lipinski definition) is 4. The first-order valence-electron chi connectivity index (χ1n) is 6.08. The molecule has 2 aromatic rings. The van der Waals surface area contributed by atoms with Gasteiger partial charge in [0.15, 0.2) is 11.5 Å². The van der Waals surface area contributed by atoms with Gasteiger partial charge >= 0.3 is 0 Å². The monoisotopic (exact) mass is 272 g/mol. The second-order valence-electron chi connectivity index (χ2n) is 4.68. The fourth-order valence-corrected chi connectivity index (χ4v) is 1.83. The maximum Gasteiger partial charge on any atom is 0.255 e. The predicted octanol–water partition coefficient (Wildman–Crippen LogP) is 2.55. The number of phenols is 2. The molecule has 2 aromatic carbocycles. The number of nitrogen functional groups attached to an aromatic ring is 1. The average Bonchev–Trinajstić information content (AvgIpc) is 2.39. The number of aryl methyl sites for hydroxylation is 2. The van der Waals surface area contributed by atoms with Gasteiger partial charge in [-0.15, -0.1) is 0 Å². The van der Waals surface area contributed by atoms with E-state index in [9.17, 15) is 15.0 Å². The van der Waals surface area contributed by atoms with E-state index in [1.165, 1.54) is 18.2 Å². The number of carbonyl (C=O) groups excluding carboxylic acids is 1. The first kappa shape index (κ1) is 13.7. The molecule has 0 aliphatic rings. The van der Waals surface area contributed by atoms with Crippen LogP contribution >= 0.6 is 0 Å². The highest BCUT2D eigenvalue weighted by Crippen LogP contribution is 2.26. The van der Waals surface area contributed by atoms with Crippen molar-refractivity contribution >= 4 is 17.3 Å². The number of anilines is 2. The Morgan fingerprint density at radius 1 is 1.05 bits per heavy atom. The number of amides is 1. The molecule has 0 bridgehead atoms. The normalized spacial score (nSPS) is 10.3. The molecule has 5 nitrogen and oxygen atoms in total. The lowest BCUT2D eigenvalue weighted by molar-refractivity contribution is 0.102. The Kier molecular flexibility index (Phi) is 3.52. The lowest BCUT2D eigenvalue weighted by Crippen LogP contribution is -2.13. The molecule has 0 aliphatic heterocycles. The molecule has 0 heterocycles. The molecule has 0 aliphatic carbocycles. The van der Waals surface area contributed by atoms with E-state index in [4.69, 9.17) is 5.73 Å². The van der Waals surface area contributed by atoms with E-state index in [-0.39, 0.29) is 23.0 Å². The van der Waals surface area contributed by atoms with Gasteiger partial charge in [-0.05, 0) is 55.3 Å². The average molecular weight is 272 g/mol. The Hall–Kier alpha value is -2.69. The molecule has 2 rings (SSSR count). The van der Waals surface area contributed by atoms with Crippen LogP contribution in [-0.2, 0) is 0 Å². The second-order valence-corrected chi connectivity index (χ2v) is 4.68. The Morgan fingerprint density at radius 2 is 1.75 bits per heavy atom. The number of hydrogen-bond donors (Lipinski definition) is 4. The number of rotatable bonds is 2. The highest BCUT2D eigenvalue weighted by atomic mass is 16.3. The fraction of sp³-hybridized carbons (Fsp3) is 0.133. The van der Waals surface area contributed by atoms with E-state index < -0.39 is 0 Å². The Morgan fingerprint density at radius 3 is 2.40 bits per heavy atom. The maximum atomic E-state index is 12.1. The van der Waals surface area contributed by atoms with E-state index in [1.54, 1.807) is 12.1 Å². The van der Waals surface area contributed by atoms with Crippen molar-refractivity contribution in [1.29, 1.82) is 0 Å². The molecule has 0 aromatic heterocycles. The van der Waals surface area contributed by atoms with Crippen molar-refractivity contribution < 1.29 is 15.0 Å². The quantitative estimate of drug-likeness (QED) is 0.499. The Labute approximate surface area is 116 Å². The van der Waals surface area contributed by atoms with Gasteiger partial charge in [-0.2, -0.15) is 0 Å². The van der Waals surface area contributed by atoms with Crippen LogP contribution in [0.4, 0.5) is 11.4 Å². The summed E-state index contributed by atoms with van der Waals surface area (Å²) < 4.78 is 0. The molecule has 0 saturated heterocycles. The smallest absolute Gasteiger partial charge is 0.255 e. The van der Waals surface area contributed by atoms with Crippen molar-refractivity contribution in [3.8, 4) is 11.5 Å². The Bertz CT molecular complexity index is 681. The highest BCUT2D eigenvalue weighted by Gasteiger charge is 2.11. The largest absolute Gasteiger partial charge is 0.504 e. The number of nitrogens with one attached hydrogen (secondary N) is 1. The van der Waals surface area contributed by atoms with Crippen LogP contribution in [0.5, 0.6) is 11.5 Å². The lowest BCUT2D eigenvalue weighted by atomic mass is 10.1. The number of nitrogens with two attached hydrogens (primary N) is 1. The summed E-state index contributed by atoms with van der Waals surface area (Å²) in [7, 11) is 0. The number of aromatic hydroxyl groups is 2. The van der Waals surface area contributed by atoms with Gasteiger partial charge in [0.1, 0.15) is 0 Å². The summed E-state index contributed by atoms with van der Waals surface area (Å²) in [5.41, 5.74) is 9.11. The molecular formula is C15H16N2O3. The summed E-state index contributed by atoms with van der Waals surface area (Å²) in [5.74, 6) is -0.962. The van der Waals surface area contributed by atoms with E-state index >= 15 is 0 Å². The third kappa shape index (κ3) is 2.66. The topological polar surface area (TPSA) is 95.6 Å². The van der Waals surface area contributed by atoms with Gasteiger partial charge < -0.3 is 21.3 Å². The van der Waals surface area contributed by atoms with Crippen LogP contribution in [0.1, 0.15) is 21.5 Å². The molecule has 20 heavy (non-hydrogen) atoms. The lowest BCUT2D eigenvalue weighted by Gasteiger charge is -2.11. The molecule has 104 valence electrons. The number of benzene rings is 2. The van der Waals surface area contributed by atoms with Gasteiger partial charge in [-0.1, -0.05) is 0 Å². The summed E-state index contributed by atoms with van der Waals surface area (Å²) in [4.78, 5) is 12.1.